The zero-order valence-electron chi connectivity index (χ0n) is 15.1. The van der Waals surface area contributed by atoms with Crippen LogP contribution in [0.5, 0.6) is 0 Å². The number of carbonyl (C=O) groups is 2. The Bertz CT molecular complexity index is 800. The Morgan fingerprint density at radius 1 is 1.19 bits per heavy atom. The molecule has 2 amide bonds. The third-order valence-electron chi connectivity index (χ3n) is 4.47. The zero-order valence-corrected chi connectivity index (χ0v) is 15.1. The standard InChI is InChI=1S/C19H23N5O2/c1-3-15-6-4-5-7-16(15)21-18(26)17-12-14(2)20-19(22-17)24-10-8-23(13-25)9-11-24/h4-7,12-13H,3,8-11H2,1-2H3,(H,21,26). The highest BCUT2D eigenvalue weighted by atomic mass is 16.2. The van der Waals surface area contributed by atoms with Crippen LogP contribution in [0.1, 0.15) is 28.7 Å². The predicted octanol–water partition coefficient (Wildman–Crippen LogP) is 1.88. The molecule has 2 heterocycles. The number of aromatic nitrogens is 2. The lowest BCUT2D eigenvalue weighted by Gasteiger charge is -2.32. The fraction of sp³-hybridized carbons (Fsp3) is 0.368. The van der Waals surface area contributed by atoms with Crippen LogP contribution in [-0.4, -0.2) is 53.4 Å². The van der Waals surface area contributed by atoms with Gasteiger partial charge < -0.3 is 15.1 Å². The van der Waals surface area contributed by atoms with E-state index in [1.54, 1.807) is 11.0 Å². The molecule has 26 heavy (non-hydrogen) atoms. The van der Waals surface area contributed by atoms with Crippen LogP contribution < -0.4 is 10.2 Å². The first-order valence-corrected chi connectivity index (χ1v) is 8.80. The first-order valence-electron chi connectivity index (χ1n) is 8.80. The van der Waals surface area contributed by atoms with Crippen LogP contribution in [-0.2, 0) is 11.2 Å². The van der Waals surface area contributed by atoms with Crippen molar-refractivity contribution in [3.05, 3.63) is 47.3 Å². The Hall–Kier alpha value is -2.96. The maximum absolute atomic E-state index is 12.7. The normalized spacial score (nSPS) is 14.2. The smallest absolute Gasteiger partial charge is 0.274 e. The van der Waals surface area contributed by atoms with Gasteiger partial charge in [-0.05, 0) is 31.0 Å². The number of hydrogen-bond acceptors (Lipinski definition) is 5. The monoisotopic (exact) mass is 353 g/mol. The molecular formula is C19H23N5O2. The van der Waals surface area contributed by atoms with Gasteiger partial charge in [-0.15, -0.1) is 0 Å². The highest BCUT2D eigenvalue weighted by molar-refractivity contribution is 6.03. The average molecular weight is 353 g/mol. The maximum Gasteiger partial charge on any atom is 0.274 e. The number of carbonyl (C=O) groups excluding carboxylic acids is 2. The number of rotatable bonds is 5. The number of aryl methyl sites for hydroxylation is 2. The van der Waals surface area contributed by atoms with E-state index in [4.69, 9.17) is 0 Å². The fourth-order valence-corrected chi connectivity index (χ4v) is 2.97. The van der Waals surface area contributed by atoms with Gasteiger partial charge in [0.05, 0.1) is 0 Å². The van der Waals surface area contributed by atoms with Gasteiger partial charge in [0.25, 0.3) is 5.91 Å². The van der Waals surface area contributed by atoms with Crippen molar-refractivity contribution in [3.63, 3.8) is 0 Å². The van der Waals surface area contributed by atoms with Gasteiger partial charge in [-0.1, -0.05) is 25.1 Å². The summed E-state index contributed by atoms with van der Waals surface area (Å²) in [7, 11) is 0. The molecule has 0 spiro atoms. The number of amides is 2. The summed E-state index contributed by atoms with van der Waals surface area (Å²) in [6.07, 6.45) is 1.70. The molecule has 1 fully saturated rings. The maximum atomic E-state index is 12.7. The molecule has 0 aliphatic carbocycles. The van der Waals surface area contributed by atoms with Crippen LogP contribution in [0.25, 0.3) is 0 Å². The van der Waals surface area contributed by atoms with Crippen molar-refractivity contribution < 1.29 is 9.59 Å². The van der Waals surface area contributed by atoms with E-state index in [2.05, 4.69) is 22.2 Å². The Kier molecular flexibility index (Phi) is 5.46. The Balaban J connectivity index is 1.79. The molecule has 0 unspecified atom stereocenters. The first kappa shape index (κ1) is 17.8. The van der Waals surface area contributed by atoms with E-state index in [-0.39, 0.29) is 5.91 Å². The Morgan fingerprint density at radius 2 is 1.92 bits per heavy atom. The number of benzene rings is 1. The quantitative estimate of drug-likeness (QED) is 0.831. The fourth-order valence-electron chi connectivity index (χ4n) is 2.97. The average Bonchev–Trinajstić information content (AvgIpc) is 2.68. The molecule has 0 bridgehead atoms. The van der Waals surface area contributed by atoms with Gasteiger partial charge >= 0.3 is 0 Å². The lowest BCUT2D eigenvalue weighted by Crippen LogP contribution is -2.46. The molecule has 0 atom stereocenters. The molecule has 1 aliphatic rings. The van der Waals surface area contributed by atoms with Crippen molar-refractivity contribution in [1.82, 2.24) is 14.9 Å². The van der Waals surface area contributed by atoms with Gasteiger partial charge in [0, 0.05) is 37.6 Å². The van der Waals surface area contributed by atoms with Gasteiger partial charge in [0.15, 0.2) is 0 Å². The second-order valence-corrected chi connectivity index (χ2v) is 6.29. The van der Waals surface area contributed by atoms with Gasteiger partial charge in [0.2, 0.25) is 12.4 Å². The zero-order chi connectivity index (χ0) is 18.5. The van der Waals surface area contributed by atoms with E-state index in [0.29, 0.717) is 37.8 Å². The molecule has 3 rings (SSSR count). The molecule has 7 heteroatoms. The lowest BCUT2D eigenvalue weighted by molar-refractivity contribution is -0.118. The van der Waals surface area contributed by atoms with Crippen LogP contribution in [0.4, 0.5) is 11.6 Å². The molecular weight excluding hydrogens is 330 g/mol. The summed E-state index contributed by atoms with van der Waals surface area (Å²) < 4.78 is 0. The molecule has 136 valence electrons. The van der Waals surface area contributed by atoms with E-state index in [9.17, 15) is 9.59 Å². The highest BCUT2D eigenvalue weighted by Gasteiger charge is 2.20. The third-order valence-corrected chi connectivity index (χ3v) is 4.47. The molecule has 0 saturated carbocycles. The molecule has 1 aromatic heterocycles. The van der Waals surface area contributed by atoms with Crippen molar-refractivity contribution in [2.24, 2.45) is 0 Å². The summed E-state index contributed by atoms with van der Waals surface area (Å²) in [4.78, 5) is 36.2. The van der Waals surface area contributed by atoms with E-state index >= 15 is 0 Å². The number of nitrogens with zero attached hydrogens (tertiary/aromatic N) is 4. The van der Waals surface area contributed by atoms with E-state index < -0.39 is 0 Å². The largest absolute Gasteiger partial charge is 0.342 e. The molecule has 1 aromatic carbocycles. The Labute approximate surface area is 153 Å². The summed E-state index contributed by atoms with van der Waals surface area (Å²) in [6.45, 7) is 6.47. The van der Waals surface area contributed by atoms with Crippen molar-refractivity contribution >= 4 is 24.0 Å². The van der Waals surface area contributed by atoms with Crippen LogP contribution in [0.2, 0.25) is 0 Å². The molecule has 2 aromatic rings. The minimum Gasteiger partial charge on any atom is -0.342 e. The van der Waals surface area contributed by atoms with Crippen molar-refractivity contribution in [2.75, 3.05) is 36.4 Å². The third kappa shape index (κ3) is 3.99. The van der Waals surface area contributed by atoms with E-state index in [1.165, 1.54) is 0 Å². The summed E-state index contributed by atoms with van der Waals surface area (Å²) >= 11 is 0. The van der Waals surface area contributed by atoms with E-state index in [0.717, 1.165) is 29.8 Å². The SMILES string of the molecule is CCc1ccccc1NC(=O)c1cc(C)nc(N2CCN(C=O)CC2)n1. The molecule has 1 N–H and O–H groups in total. The van der Waals surface area contributed by atoms with Crippen LogP contribution >= 0.6 is 0 Å². The number of para-hydroxylation sites is 1. The van der Waals surface area contributed by atoms with Crippen molar-refractivity contribution in [1.29, 1.82) is 0 Å². The van der Waals surface area contributed by atoms with Gasteiger partial charge in [-0.3, -0.25) is 9.59 Å². The predicted molar refractivity (Wildman–Crippen MR) is 100 cm³/mol. The molecule has 1 saturated heterocycles. The Morgan fingerprint density at radius 3 is 2.62 bits per heavy atom. The summed E-state index contributed by atoms with van der Waals surface area (Å²) in [6, 6.07) is 9.44. The number of hydrogen-bond donors (Lipinski definition) is 1. The number of nitrogens with one attached hydrogen (secondary N) is 1. The second-order valence-electron chi connectivity index (χ2n) is 6.29. The van der Waals surface area contributed by atoms with Crippen LogP contribution in [0.3, 0.4) is 0 Å². The van der Waals surface area contributed by atoms with Crippen molar-refractivity contribution in [2.45, 2.75) is 20.3 Å². The minimum absolute atomic E-state index is 0.246. The topological polar surface area (TPSA) is 78.4 Å². The van der Waals surface area contributed by atoms with Gasteiger partial charge in [-0.25, -0.2) is 9.97 Å². The van der Waals surface area contributed by atoms with Gasteiger partial charge in [0.1, 0.15) is 5.69 Å². The molecule has 7 nitrogen and oxygen atoms in total. The second kappa shape index (κ2) is 7.95. The summed E-state index contributed by atoms with van der Waals surface area (Å²) in [5, 5.41) is 2.95. The van der Waals surface area contributed by atoms with Gasteiger partial charge in [-0.2, -0.15) is 0 Å². The first-order chi connectivity index (χ1) is 12.6. The number of piperazine rings is 1. The lowest BCUT2D eigenvalue weighted by atomic mass is 10.1. The molecule has 1 aliphatic heterocycles. The summed E-state index contributed by atoms with van der Waals surface area (Å²) in [5.74, 6) is 0.286. The summed E-state index contributed by atoms with van der Waals surface area (Å²) in [5.41, 5.74) is 2.97. The highest BCUT2D eigenvalue weighted by Crippen LogP contribution is 2.18. The van der Waals surface area contributed by atoms with Crippen molar-refractivity contribution in [3.8, 4) is 0 Å². The number of anilines is 2. The van der Waals surface area contributed by atoms with Crippen LogP contribution in [0, 0.1) is 6.92 Å². The molecule has 0 radical (unpaired) electrons. The van der Waals surface area contributed by atoms with Crippen LogP contribution in [0.15, 0.2) is 30.3 Å². The minimum atomic E-state index is -0.246. The van der Waals surface area contributed by atoms with E-state index in [1.807, 2.05) is 36.1 Å².